The zero-order valence-electron chi connectivity index (χ0n) is 14.2. The second-order valence-corrected chi connectivity index (χ2v) is 9.02. The van der Waals surface area contributed by atoms with Crippen LogP contribution >= 0.6 is 0 Å². The van der Waals surface area contributed by atoms with E-state index in [9.17, 15) is 24.6 Å². The van der Waals surface area contributed by atoms with Crippen LogP contribution in [0.5, 0.6) is 0 Å². The molecule has 5 fully saturated rings. The number of aliphatic hydroxyl groups excluding tert-OH is 1. The molecule has 8 atom stereocenters. The molecule has 6 heteroatoms. The van der Waals surface area contributed by atoms with E-state index in [1.807, 2.05) is 0 Å². The fraction of sp³-hybridized carbons (Fsp3) is 0.737. The van der Waals surface area contributed by atoms with Gasteiger partial charge >= 0.3 is 11.9 Å². The van der Waals surface area contributed by atoms with Crippen LogP contribution in [-0.4, -0.2) is 39.6 Å². The summed E-state index contributed by atoms with van der Waals surface area (Å²) in [6.07, 6.45) is 1.18. The molecule has 0 aromatic carbocycles. The van der Waals surface area contributed by atoms with Crippen LogP contribution in [0.2, 0.25) is 0 Å². The third kappa shape index (κ3) is 1.39. The highest BCUT2D eigenvalue weighted by molar-refractivity contribution is 5.90. The van der Waals surface area contributed by atoms with Crippen molar-refractivity contribution >= 4 is 17.7 Å². The first-order valence-electron chi connectivity index (χ1n) is 9.03. The lowest BCUT2D eigenvalue weighted by Gasteiger charge is -2.44. The van der Waals surface area contributed by atoms with Crippen molar-refractivity contribution in [3.8, 4) is 0 Å². The number of fused-ring (bicyclic) bond motifs is 1. The van der Waals surface area contributed by atoms with Gasteiger partial charge in [0.2, 0.25) is 0 Å². The summed E-state index contributed by atoms with van der Waals surface area (Å²) >= 11 is 0. The highest BCUT2D eigenvalue weighted by Crippen LogP contribution is 2.77. The maximum atomic E-state index is 12.7. The molecule has 2 N–H and O–H groups in total. The van der Waals surface area contributed by atoms with Crippen molar-refractivity contribution < 1.29 is 29.3 Å². The van der Waals surface area contributed by atoms with E-state index in [-0.39, 0.29) is 24.0 Å². The van der Waals surface area contributed by atoms with Gasteiger partial charge in [-0.15, -0.1) is 0 Å². The Hall–Kier alpha value is -1.69. The Morgan fingerprint density at radius 1 is 1.36 bits per heavy atom. The number of ketones is 1. The highest BCUT2D eigenvalue weighted by atomic mass is 16.6. The minimum atomic E-state index is -1.21. The largest absolute Gasteiger partial charge is 0.481 e. The molecule has 134 valence electrons. The molecule has 4 saturated carbocycles. The third-order valence-electron chi connectivity index (χ3n) is 8.33. The van der Waals surface area contributed by atoms with Gasteiger partial charge < -0.3 is 14.9 Å². The number of carboxylic acids is 1. The number of aliphatic carboxylic acids is 1. The number of esters is 1. The van der Waals surface area contributed by atoms with Crippen molar-refractivity contribution in [3.05, 3.63) is 12.2 Å². The van der Waals surface area contributed by atoms with Crippen molar-refractivity contribution in [3.63, 3.8) is 0 Å². The van der Waals surface area contributed by atoms with E-state index in [1.165, 1.54) is 0 Å². The first-order chi connectivity index (χ1) is 11.7. The number of hydrogen-bond acceptors (Lipinski definition) is 5. The summed E-state index contributed by atoms with van der Waals surface area (Å²) in [6, 6.07) is 0. The topological polar surface area (TPSA) is 101 Å². The number of carbonyl (C=O) groups excluding carboxylic acids is 2. The highest BCUT2D eigenvalue weighted by Gasteiger charge is 2.83. The normalized spacial score (nSPS) is 55.8. The first-order valence-corrected chi connectivity index (χ1v) is 9.03. The number of carboxylic acid groups (broad SMARTS) is 1. The fourth-order valence-electron chi connectivity index (χ4n) is 7.41. The van der Waals surface area contributed by atoms with E-state index in [0.717, 1.165) is 5.57 Å². The zero-order valence-corrected chi connectivity index (χ0v) is 14.2. The smallest absolute Gasteiger partial charge is 0.315 e. The predicted molar refractivity (Wildman–Crippen MR) is 84.2 cm³/mol. The van der Waals surface area contributed by atoms with Crippen LogP contribution in [-0.2, 0) is 19.1 Å². The van der Waals surface area contributed by atoms with Crippen molar-refractivity contribution in [2.75, 3.05) is 0 Å². The SMILES string of the molecule is C=C1C[C@]23C[C@H]1C(=O)C[C@H]2[C@@]12CC[C@H](O)[C@@](C)(C(=O)O1)[C@H]2[C@@H]3C(=O)O. The van der Waals surface area contributed by atoms with E-state index in [2.05, 4.69) is 6.58 Å². The quantitative estimate of drug-likeness (QED) is 0.548. The number of Topliss-reactive ketones (excluding diaryl/α,β-unsaturated/α-hetero) is 1. The lowest BCUT2D eigenvalue weighted by atomic mass is 9.59. The van der Waals surface area contributed by atoms with Crippen LogP contribution in [0.15, 0.2) is 12.2 Å². The van der Waals surface area contributed by atoms with Gasteiger partial charge in [0, 0.05) is 24.2 Å². The Bertz CT molecular complexity index is 757. The monoisotopic (exact) mass is 346 g/mol. The fourth-order valence-corrected chi connectivity index (χ4v) is 7.41. The summed E-state index contributed by atoms with van der Waals surface area (Å²) in [5.41, 5.74) is -1.91. The Balaban J connectivity index is 1.77. The summed E-state index contributed by atoms with van der Waals surface area (Å²) in [7, 11) is 0. The molecular weight excluding hydrogens is 324 g/mol. The Labute approximate surface area is 145 Å². The summed E-state index contributed by atoms with van der Waals surface area (Å²) in [5, 5.41) is 20.7. The molecule has 0 radical (unpaired) electrons. The van der Waals surface area contributed by atoms with Crippen LogP contribution in [0.1, 0.15) is 39.0 Å². The molecule has 0 unspecified atom stereocenters. The minimum Gasteiger partial charge on any atom is -0.481 e. The van der Waals surface area contributed by atoms with E-state index in [1.54, 1.807) is 6.92 Å². The second-order valence-electron chi connectivity index (χ2n) is 9.02. The molecule has 25 heavy (non-hydrogen) atoms. The Morgan fingerprint density at radius 2 is 2.08 bits per heavy atom. The molecule has 4 bridgehead atoms. The third-order valence-corrected chi connectivity index (χ3v) is 8.33. The van der Waals surface area contributed by atoms with E-state index < -0.39 is 46.3 Å². The van der Waals surface area contributed by atoms with Gasteiger partial charge in [0.05, 0.1) is 17.4 Å². The number of allylic oxidation sites excluding steroid dienone is 1. The number of hydrogen-bond donors (Lipinski definition) is 2. The van der Waals surface area contributed by atoms with Crippen LogP contribution in [0.25, 0.3) is 0 Å². The second kappa shape index (κ2) is 4.17. The lowest BCUT2D eigenvalue weighted by molar-refractivity contribution is -0.164. The average molecular weight is 346 g/mol. The first kappa shape index (κ1) is 15.6. The Kier molecular flexibility index (Phi) is 2.59. The van der Waals surface area contributed by atoms with E-state index in [4.69, 9.17) is 4.74 Å². The van der Waals surface area contributed by atoms with Crippen LogP contribution < -0.4 is 0 Å². The Morgan fingerprint density at radius 3 is 2.76 bits per heavy atom. The zero-order chi connectivity index (χ0) is 17.9. The lowest BCUT2D eigenvalue weighted by Crippen LogP contribution is -2.53. The molecule has 4 aliphatic carbocycles. The molecule has 0 aromatic rings. The van der Waals surface area contributed by atoms with Gasteiger partial charge in [-0.3, -0.25) is 14.4 Å². The summed E-state index contributed by atoms with van der Waals surface area (Å²) in [5.74, 6) is -3.28. The summed E-state index contributed by atoms with van der Waals surface area (Å²) in [6.45, 7) is 5.70. The predicted octanol–water partition coefficient (Wildman–Crippen LogP) is 1.32. The van der Waals surface area contributed by atoms with Gasteiger partial charge in [0.1, 0.15) is 11.4 Å². The minimum absolute atomic E-state index is 0.0954. The molecule has 5 aliphatic rings. The van der Waals surface area contributed by atoms with Crippen molar-refractivity contribution in [1.82, 2.24) is 0 Å². The molecule has 1 aliphatic heterocycles. The molecule has 6 nitrogen and oxygen atoms in total. The van der Waals surface area contributed by atoms with E-state index >= 15 is 0 Å². The van der Waals surface area contributed by atoms with Crippen molar-refractivity contribution in [2.24, 2.45) is 34.5 Å². The van der Waals surface area contributed by atoms with Gasteiger partial charge in [0.25, 0.3) is 0 Å². The van der Waals surface area contributed by atoms with Crippen molar-refractivity contribution in [2.45, 2.75) is 50.7 Å². The summed E-state index contributed by atoms with van der Waals surface area (Å²) in [4.78, 5) is 37.8. The van der Waals surface area contributed by atoms with Gasteiger partial charge in [-0.1, -0.05) is 12.2 Å². The molecule has 1 saturated heterocycles. The van der Waals surface area contributed by atoms with E-state index in [0.29, 0.717) is 25.7 Å². The molecule has 0 aromatic heterocycles. The maximum absolute atomic E-state index is 12.7. The molecule has 0 amide bonds. The summed E-state index contributed by atoms with van der Waals surface area (Å²) < 4.78 is 5.90. The number of rotatable bonds is 1. The maximum Gasteiger partial charge on any atom is 0.315 e. The molecule has 1 heterocycles. The standard InChI is InChI=1S/C19H22O6/c1-8-6-18-7-9(8)10(20)5-11(18)19-4-3-12(21)17(2,16(24)25-19)14(19)13(18)15(22)23/h9,11-14,21H,1,3-7H2,2H3,(H,22,23)/t9-,11-,12+,13-,14-,17-,18+,19-/m1/s1. The van der Waals surface area contributed by atoms with Crippen LogP contribution in [0.3, 0.4) is 0 Å². The average Bonchev–Trinajstić information content (AvgIpc) is 3.02. The van der Waals surface area contributed by atoms with Gasteiger partial charge in [-0.05, 0) is 38.0 Å². The van der Waals surface area contributed by atoms with Gasteiger partial charge in [-0.25, -0.2) is 0 Å². The van der Waals surface area contributed by atoms with Gasteiger partial charge in [-0.2, -0.15) is 0 Å². The molecule has 5 rings (SSSR count). The molecular formula is C19H22O6. The van der Waals surface area contributed by atoms with Crippen molar-refractivity contribution in [1.29, 1.82) is 0 Å². The number of aliphatic hydroxyl groups is 1. The van der Waals surface area contributed by atoms with Crippen LogP contribution in [0, 0.1) is 34.5 Å². The number of ether oxygens (including phenoxy) is 1. The van der Waals surface area contributed by atoms with Crippen LogP contribution in [0.4, 0.5) is 0 Å². The number of carbonyl (C=O) groups is 3. The van der Waals surface area contributed by atoms with Gasteiger partial charge in [0.15, 0.2) is 0 Å². The molecule has 1 spiro atoms.